The Kier molecular flexibility index (Phi) is 4.57. The molecule has 1 aliphatic heterocycles. The largest absolute Gasteiger partial charge is 0.491 e. The maximum absolute atomic E-state index is 13.9. The molecule has 1 unspecified atom stereocenters. The van der Waals surface area contributed by atoms with Gasteiger partial charge in [-0.3, -0.25) is 0 Å². The number of rotatable bonds is 4. The maximum atomic E-state index is 13.9. The van der Waals surface area contributed by atoms with Crippen molar-refractivity contribution in [1.82, 2.24) is 4.98 Å². The predicted octanol–water partition coefficient (Wildman–Crippen LogP) is 3.58. The summed E-state index contributed by atoms with van der Waals surface area (Å²) in [7, 11) is 0. The lowest BCUT2D eigenvalue weighted by molar-refractivity contribution is 0.0690. The van der Waals surface area contributed by atoms with E-state index < -0.39 is 17.6 Å². The number of pyridine rings is 1. The van der Waals surface area contributed by atoms with E-state index in [0.29, 0.717) is 18.7 Å². The van der Waals surface area contributed by atoms with Crippen LogP contribution in [0.25, 0.3) is 0 Å². The van der Waals surface area contributed by atoms with Crippen molar-refractivity contribution in [2.45, 2.75) is 26.3 Å². The van der Waals surface area contributed by atoms with Gasteiger partial charge in [-0.05, 0) is 37.5 Å². The van der Waals surface area contributed by atoms with Crippen LogP contribution in [0.1, 0.15) is 41.5 Å². The van der Waals surface area contributed by atoms with Crippen LogP contribution in [0, 0.1) is 11.6 Å². The zero-order valence-electron chi connectivity index (χ0n) is 13.9. The normalized spacial score (nSPS) is 16.5. The highest BCUT2D eigenvalue weighted by Crippen LogP contribution is 2.36. The molecule has 1 aromatic heterocycles. The summed E-state index contributed by atoms with van der Waals surface area (Å²) in [6.07, 6.45) is 2.13. The van der Waals surface area contributed by atoms with Gasteiger partial charge in [0, 0.05) is 30.6 Å². The van der Waals surface area contributed by atoms with Crippen LogP contribution < -0.4 is 9.64 Å². The van der Waals surface area contributed by atoms with Gasteiger partial charge in [-0.25, -0.2) is 14.2 Å². The van der Waals surface area contributed by atoms with Gasteiger partial charge in [0.25, 0.3) is 0 Å². The number of halogens is 2. The van der Waals surface area contributed by atoms with E-state index in [-0.39, 0.29) is 24.1 Å². The number of carbonyl (C=O) groups is 1. The number of nitrogens with zero attached hydrogens (tertiary/aromatic N) is 2. The number of anilines is 1. The Morgan fingerprint density at radius 1 is 1.40 bits per heavy atom. The highest BCUT2D eigenvalue weighted by Gasteiger charge is 2.27. The molecule has 1 aliphatic rings. The molecule has 1 aromatic carbocycles. The van der Waals surface area contributed by atoms with Crippen LogP contribution in [0.2, 0.25) is 0 Å². The standard InChI is InChI=1S/C18H18F2N2O3/c1-3-25-16-8-12(7-14(19)17(16)20)22-5-4-11-6-15(18(23)24)21-9-13(11)10(22)2/h6-10H,3-5H2,1-2H3,(H,23,24). The second kappa shape index (κ2) is 6.66. The van der Waals surface area contributed by atoms with Crippen molar-refractivity contribution in [3.63, 3.8) is 0 Å². The second-order valence-corrected chi connectivity index (χ2v) is 5.87. The summed E-state index contributed by atoms with van der Waals surface area (Å²) in [6, 6.07) is 4.06. The molecule has 0 spiro atoms. The molecule has 0 saturated carbocycles. The van der Waals surface area contributed by atoms with Crippen LogP contribution >= 0.6 is 0 Å². The number of carboxylic acid groups (broad SMARTS) is 1. The molecule has 0 saturated heterocycles. The van der Waals surface area contributed by atoms with Crippen molar-refractivity contribution in [2.75, 3.05) is 18.1 Å². The van der Waals surface area contributed by atoms with Gasteiger partial charge >= 0.3 is 5.97 Å². The third kappa shape index (κ3) is 3.14. The summed E-state index contributed by atoms with van der Waals surface area (Å²) in [6.45, 7) is 4.41. The number of benzene rings is 1. The van der Waals surface area contributed by atoms with E-state index in [4.69, 9.17) is 9.84 Å². The van der Waals surface area contributed by atoms with Gasteiger partial charge in [-0.1, -0.05) is 0 Å². The molecular weight excluding hydrogens is 330 g/mol. The van der Waals surface area contributed by atoms with E-state index in [1.807, 2.05) is 11.8 Å². The van der Waals surface area contributed by atoms with Crippen molar-refractivity contribution in [3.05, 3.63) is 52.9 Å². The van der Waals surface area contributed by atoms with E-state index in [2.05, 4.69) is 4.98 Å². The molecule has 3 rings (SSSR count). The summed E-state index contributed by atoms with van der Waals surface area (Å²) < 4.78 is 32.9. The molecule has 1 N–H and O–H groups in total. The molecule has 25 heavy (non-hydrogen) atoms. The van der Waals surface area contributed by atoms with Crippen LogP contribution in [0.5, 0.6) is 5.75 Å². The summed E-state index contributed by atoms with van der Waals surface area (Å²) in [5.41, 5.74) is 2.30. The fraction of sp³-hybridized carbons (Fsp3) is 0.333. The molecule has 0 aliphatic carbocycles. The van der Waals surface area contributed by atoms with Gasteiger partial charge in [0.1, 0.15) is 5.69 Å². The summed E-state index contributed by atoms with van der Waals surface area (Å²) in [5, 5.41) is 9.06. The quantitative estimate of drug-likeness (QED) is 0.915. The predicted molar refractivity (Wildman–Crippen MR) is 88.2 cm³/mol. The van der Waals surface area contributed by atoms with Gasteiger partial charge in [0.15, 0.2) is 11.6 Å². The molecule has 1 atom stereocenters. The molecule has 2 heterocycles. The number of hydrogen-bond acceptors (Lipinski definition) is 4. The number of ether oxygens (including phenoxy) is 1. The molecule has 5 nitrogen and oxygen atoms in total. The summed E-state index contributed by atoms with van der Waals surface area (Å²) >= 11 is 0. The zero-order chi connectivity index (χ0) is 18.1. The summed E-state index contributed by atoms with van der Waals surface area (Å²) in [5.74, 6) is -3.14. The monoisotopic (exact) mass is 348 g/mol. The number of aromatic nitrogens is 1. The molecule has 7 heteroatoms. The Morgan fingerprint density at radius 3 is 2.84 bits per heavy atom. The fourth-order valence-electron chi connectivity index (χ4n) is 3.15. The zero-order valence-corrected chi connectivity index (χ0v) is 13.9. The van der Waals surface area contributed by atoms with Crippen molar-refractivity contribution in [1.29, 1.82) is 0 Å². The Morgan fingerprint density at radius 2 is 2.16 bits per heavy atom. The minimum absolute atomic E-state index is 0.00542. The van der Waals surface area contributed by atoms with Gasteiger partial charge in [0.05, 0.1) is 12.6 Å². The van der Waals surface area contributed by atoms with E-state index >= 15 is 0 Å². The van der Waals surface area contributed by atoms with Gasteiger partial charge in [-0.2, -0.15) is 4.39 Å². The lowest BCUT2D eigenvalue weighted by Crippen LogP contribution is -2.34. The van der Waals surface area contributed by atoms with Gasteiger partial charge in [0.2, 0.25) is 5.82 Å². The minimum atomic E-state index is -1.07. The fourth-order valence-corrected chi connectivity index (χ4v) is 3.15. The first-order chi connectivity index (χ1) is 11.9. The number of fused-ring (bicyclic) bond motifs is 1. The van der Waals surface area contributed by atoms with Gasteiger partial charge < -0.3 is 14.7 Å². The number of hydrogen-bond donors (Lipinski definition) is 1. The molecule has 0 radical (unpaired) electrons. The first kappa shape index (κ1) is 17.1. The first-order valence-corrected chi connectivity index (χ1v) is 8.03. The third-order valence-electron chi connectivity index (χ3n) is 4.39. The maximum Gasteiger partial charge on any atom is 0.354 e. The third-order valence-corrected chi connectivity index (χ3v) is 4.39. The Hall–Kier alpha value is -2.70. The smallest absolute Gasteiger partial charge is 0.354 e. The van der Waals surface area contributed by atoms with Crippen LogP contribution in [0.3, 0.4) is 0 Å². The van der Waals surface area contributed by atoms with E-state index in [1.165, 1.54) is 6.07 Å². The minimum Gasteiger partial charge on any atom is -0.491 e. The topological polar surface area (TPSA) is 62.7 Å². The average molecular weight is 348 g/mol. The second-order valence-electron chi connectivity index (χ2n) is 5.87. The van der Waals surface area contributed by atoms with Crippen LogP contribution in [-0.2, 0) is 6.42 Å². The first-order valence-electron chi connectivity index (χ1n) is 8.03. The summed E-state index contributed by atoms with van der Waals surface area (Å²) in [4.78, 5) is 16.9. The van der Waals surface area contributed by atoms with E-state index in [1.54, 1.807) is 19.2 Å². The van der Waals surface area contributed by atoms with Crippen molar-refractivity contribution >= 4 is 11.7 Å². The van der Waals surface area contributed by atoms with Crippen LogP contribution in [0.4, 0.5) is 14.5 Å². The van der Waals surface area contributed by atoms with Crippen LogP contribution in [0.15, 0.2) is 24.4 Å². The van der Waals surface area contributed by atoms with Crippen molar-refractivity contribution in [2.24, 2.45) is 0 Å². The molecule has 132 valence electrons. The average Bonchev–Trinajstić information content (AvgIpc) is 2.59. The molecule has 0 amide bonds. The van der Waals surface area contributed by atoms with Crippen LogP contribution in [-0.4, -0.2) is 29.2 Å². The van der Waals surface area contributed by atoms with E-state index in [0.717, 1.165) is 17.2 Å². The Balaban J connectivity index is 1.96. The highest BCUT2D eigenvalue weighted by molar-refractivity contribution is 5.85. The molecular formula is C18H18F2N2O3. The van der Waals surface area contributed by atoms with E-state index in [9.17, 15) is 13.6 Å². The van der Waals surface area contributed by atoms with Gasteiger partial charge in [-0.15, -0.1) is 0 Å². The molecule has 0 fully saturated rings. The molecule has 0 bridgehead atoms. The Labute approximate surface area is 143 Å². The molecule has 2 aromatic rings. The lowest BCUT2D eigenvalue weighted by atomic mass is 9.94. The lowest BCUT2D eigenvalue weighted by Gasteiger charge is -2.37. The number of aromatic carboxylic acids is 1. The SMILES string of the molecule is CCOc1cc(N2CCc3cc(C(=O)O)ncc3C2C)cc(F)c1F. The highest BCUT2D eigenvalue weighted by atomic mass is 19.2. The number of carboxylic acids is 1. The van der Waals surface area contributed by atoms with Crippen molar-refractivity contribution < 1.29 is 23.4 Å². The van der Waals surface area contributed by atoms with Crippen molar-refractivity contribution in [3.8, 4) is 5.75 Å². The Bertz CT molecular complexity index is 826.